The molecule has 1 N–H and O–H groups in total. The van der Waals surface area contributed by atoms with Crippen LogP contribution in [0.1, 0.15) is 24.8 Å². The maximum absolute atomic E-state index is 5.93. The highest BCUT2D eigenvalue weighted by Gasteiger charge is 2.22. The van der Waals surface area contributed by atoms with E-state index in [1.807, 2.05) is 0 Å². The zero-order valence-corrected chi connectivity index (χ0v) is 15.8. The average Bonchev–Trinajstić information content (AvgIpc) is 3.02. The molecule has 2 aromatic carbocycles. The molecule has 0 bridgehead atoms. The Kier molecular flexibility index (Phi) is 4.42. The van der Waals surface area contributed by atoms with E-state index in [9.17, 15) is 0 Å². The van der Waals surface area contributed by atoms with Crippen LogP contribution in [0.2, 0.25) is 0 Å². The number of aromatic amines is 1. The van der Waals surface area contributed by atoms with Gasteiger partial charge in [-0.25, -0.2) is 0 Å². The molecule has 0 aliphatic carbocycles. The molecular formula is C20H19BrN2S. The van der Waals surface area contributed by atoms with E-state index < -0.39 is 0 Å². The average molecular weight is 399 g/mol. The minimum Gasteiger partial charge on any atom is -0.362 e. The quantitative estimate of drug-likeness (QED) is 0.553. The van der Waals surface area contributed by atoms with Crippen molar-refractivity contribution in [3.63, 3.8) is 0 Å². The van der Waals surface area contributed by atoms with Crippen LogP contribution in [0.15, 0.2) is 53.0 Å². The summed E-state index contributed by atoms with van der Waals surface area (Å²) in [4.78, 5) is 6.94. The molecule has 0 saturated carbocycles. The van der Waals surface area contributed by atoms with Crippen molar-refractivity contribution in [2.24, 2.45) is 0 Å². The van der Waals surface area contributed by atoms with Gasteiger partial charge in [0.2, 0.25) is 0 Å². The standard InChI is InChI=1S/C20H19BrN2S/c21-15-10-8-14(9-11-15)19-18(16-6-2-3-7-17(16)22-19)20(24)23-12-4-1-5-13-23/h2-3,6-11,22H,1,4-5,12-13H2. The summed E-state index contributed by atoms with van der Waals surface area (Å²) >= 11 is 9.45. The molecule has 1 fully saturated rings. The topological polar surface area (TPSA) is 19.0 Å². The van der Waals surface area contributed by atoms with Gasteiger partial charge in [0, 0.05) is 34.0 Å². The lowest BCUT2D eigenvalue weighted by atomic mass is 10.0. The molecule has 0 spiro atoms. The third kappa shape index (κ3) is 2.89. The Labute approximate surface area is 156 Å². The number of likely N-dealkylation sites (tertiary alicyclic amines) is 1. The first-order valence-electron chi connectivity index (χ1n) is 8.40. The Morgan fingerprint density at radius 2 is 1.67 bits per heavy atom. The number of piperidine rings is 1. The van der Waals surface area contributed by atoms with Crippen LogP contribution in [-0.2, 0) is 0 Å². The smallest absolute Gasteiger partial charge is 0.112 e. The summed E-state index contributed by atoms with van der Waals surface area (Å²) in [5.41, 5.74) is 4.61. The third-order valence-corrected chi connectivity index (χ3v) is 5.69. The Balaban J connectivity index is 1.86. The van der Waals surface area contributed by atoms with Gasteiger partial charge < -0.3 is 9.88 Å². The molecule has 1 aliphatic rings. The number of rotatable bonds is 2. The number of nitrogens with zero attached hydrogens (tertiary/aromatic N) is 1. The molecule has 1 aliphatic heterocycles. The summed E-state index contributed by atoms with van der Waals surface area (Å²) in [5.74, 6) is 0. The number of halogens is 1. The lowest BCUT2D eigenvalue weighted by molar-refractivity contribution is 0.348. The van der Waals surface area contributed by atoms with Gasteiger partial charge in [0.15, 0.2) is 0 Å². The van der Waals surface area contributed by atoms with Gasteiger partial charge in [-0.2, -0.15) is 0 Å². The first-order chi connectivity index (χ1) is 11.7. The zero-order chi connectivity index (χ0) is 16.5. The van der Waals surface area contributed by atoms with E-state index in [1.54, 1.807) is 0 Å². The predicted molar refractivity (Wildman–Crippen MR) is 109 cm³/mol. The van der Waals surface area contributed by atoms with Gasteiger partial charge in [0.1, 0.15) is 4.99 Å². The fourth-order valence-corrected chi connectivity index (χ4v) is 4.11. The van der Waals surface area contributed by atoms with Gasteiger partial charge in [-0.15, -0.1) is 0 Å². The Morgan fingerprint density at radius 3 is 2.42 bits per heavy atom. The van der Waals surface area contributed by atoms with Crippen LogP contribution in [0.3, 0.4) is 0 Å². The number of benzene rings is 2. The fraction of sp³-hybridized carbons (Fsp3) is 0.250. The van der Waals surface area contributed by atoms with Crippen LogP contribution < -0.4 is 0 Å². The second kappa shape index (κ2) is 6.69. The summed E-state index contributed by atoms with van der Waals surface area (Å²) in [5, 5.41) is 1.21. The maximum atomic E-state index is 5.93. The molecule has 2 heterocycles. The van der Waals surface area contributed by atoms with Crippen LogP contribution >= 0.6 is 28.1 Å². The number of nitrogens with one attached hydrogen (secondary N) is 1. The summed E-state index contributed by atoms with van der Waals surface area (Å²) in [6, 6.07) is 16.9. The van der Waals surface area contributed by atoms with Gasteiger partial charge >= 0.3 is 0 Å². The molecule has 0 amide bonds. The molecule has 4 heteroatoms. The number of fused-ring (bicyclic) bond motifs is 1. The number of hydrogen-bond donors (Lipinski definition) is 1. The highest BCUT2D eigenvalue weighted by molar-refractivity contribution is 9.10. The number of hydrogen-bond acceptors (Lipinski definition) is 1. The van der Waals surface area contributed by atoms with Crippen LogP contribution in [0, 0.1) is 0 Å². The first kappa shape index (κ1) is 15.9. The van der Waals surface area contributed by atoms with Crippen LogP contribution in [-0.4, -0.2) is 28.0 Å². The van der Waals surface area contributed by atoms with Crippen molar-refractivity contribution in [3.8, 4) is 11.3 Å². The predicted octanol–water partition coefficient (Wildman–Crippen LogP) is 5.76. The molecule has 122 valence electrons. The van der Waals surface area contributed by atoms with Gasteiger partial charge in [-0.1, -0.05) is 58.5 Å². The highest BCUT2D eigenvalue weighted by Crippen LogP contribution is 2.33. The summed E-state index contributed by atoms with van der Waals surface area (Å²) in [6.45, 7) is 2.14. The van der Waals surface area contributed by atoms with E-state index in [2.05, 4.69) is 74.3 Å². The van der Waals surface area contributed by atoms with Crippen molar-refractivity contribution < 1.29 is 0 Å². The molecule has 0 atom stereocenters. The molecule has 0 radical (unpaired) electrons. The highest BCUT2D eigenvalue weighted by atomic mass is 79.9. The minimum absolute atomic E-state index is 0.977. The molecule has 4 rings (SSSR count). The minimum atomic E-state index is 0.977. The molecule has 2 nitrogen and oxygen atoms in total. The normalized spacial score (nSPS) is 15.0. The third-order valence-electron chi connectivity index (χ3n) is 4.70. The lowest BCUT2D eigenvalue weighted by Crippen LogP contribution is -2.35. The largest absolute Gasteiger partial charge is 0.362 e. The van der Waals surface area contributed by atoms with Crippen LogP contribution in [0.5, 0.6) is 0 Å². The number of para-hydroxylation sites is 1. The van der Waals surface area contributed by atoms with Crippen molar-refractivity contribution >= 4 is 44.0 Å². The van der Waals surface area contributed by atoms with E-state index >= 15 is 0 Å². The van der Waals surface area contributed by atoms with E-state index in [1.165, 1.54) is 35.8 Å². The Bertz CT molecular complexity index is 876. The van der Waals surface area contributed by atoms with Gasteiger partial charge in [0.05, 0.1) is 5.69 Å². The van der Waals surface area contributed by atoms with E-state index in [0.29, 0.717) is 0 Å². The van der Waals surface area contributed by atoms with Crippen molar-refractivity contribution in [1.82, 2.24) is 9.88 Å². The number of H-pyrrole nitrogens is 1. The summed E-state index contributed by atoms with van der Waals surface area (Å²) in [7, 11) is 0. The van der Waals surface area contributed by atoms with Crippen molar-refractivity contribution in [2.45, 2.75) is 19.3 Å². The monoisotopic (exact) mass is 398 g/mol. The molecule has 0 unspecified atom stereocenters. The molecular weight excluding hydrogens is 380 g/mol. The Morgan fingerprint density at radius 1 is 0.958 bits per heavy atom. The Hall–Kier alpha value is -1.65. The summed E-state index contributed by atoms with van der Waals surface area (Å²) in [6.07, 6.45) is 3.78. The SMILES string of the molecule is S=C(c1c(-c2ccc(Br)cc2)[nH]c2ccccc12)N1CCCCC1. The van der Waals surface area contributed by atoms with Gasteiger partial charge in [-0.05, 0) is 43.0 Å². The number of aromatic nitrogens is 1. The zero-order valence-electron chi connectivity index (χ0n) is 13.4. The molecule has 1 saturated heterocycles. The van der Waals surface area contributed by atoms with Gasteiger partial charge in [-0.3, -0.25) is 0 Å². The van der Waals surface area contributed by atoms with E-state index in [4.69, 9.17) is 12.2 Å². The van der Waals surface area contributed by atoms with Crippen molar-refractivity contribution in [2.75, 3.05) is 13.1 Å². The maximum Gasteiger partial charge on any atom is 0.112 e. The van der Waals surface area contributed by atoms with E-state index in [0.717, 1.165) is 33.8 Å². The molecule has 24 heavy (non-hydrogen) atoms. The van der Waals surface area contributed by atoms with Gasteiger partial charge in [0.25, 0.3) is 0 Å². The van der Waals surface area contributed by atoms with Crippen LogP contribution in [0.25, 0.3) is 22.2 Å². The molecule has 1 aromatic heterocycles. The first-order valence-corrected chi connectivity index (χ1v) is 9.60. The second-order valence-corrected chi connectivity index (χ2v) is 7.58. The summed E-state index contributed by atoms with van der Waals surface area (Å²) < 4.78 is 1.09. The molecule has 3 aromatic rings. The number of thiocarbonyl (C=S) groups is 1. The van der Waals surface area contributed by atoms with Crippen molar-refractivity contribution in [1.29, 1.82) is 0 Å². The van der Waals surface area contributed by atoms with Crippen LogP contribution in [0.4, 0.5) is 0 Å². The lowest BCUT2D eigenvalue weighted by Gasteiger charge is -2.29. The second-order valence-electron chi connectivity index (χ2n) is 6.28. The van der Waals surface area contributed by atoms with Crippen molar-refractivity contribution in [3.05, 3.63) is 58.6 Å². The van der Waals surface area contributed by atoms with E-state index in [-0.39, 0.29) is 0 Å². The fourth-order valence-electron chi connectivity index (χ4n) is 3.45.